The van der Waals surface area contributed by atoms with Gasteiger partial charge in [0.1, 0.15) is 10.1 Å². The van der Waals surface area contributed by atoms with Gasteiger partial charge in [0.25, 0.3) is 5.91 Å². The number of benzene rings is 2. The second-order valence-electron chi connectivity index (χ2n) is 5.17. The van der Waals surface area contributed by atoms with E-state index in [1.807, 2.05) is 42.5 Å². The molecule has 0 aliphatic carbocycles. The molecule has 2 aromatic carbocycles. The minimum Gasteiger partial charge on any atom is -0.495 e. The average molecular weight is 391 g/mol. The fourth-order valence-corrected chi connectivity index (χ4v) is 3.76. The summed E-state index contributed by atoms with van der Waals surface area (Å²) in [5.41, 5.74) is 1.59. The van der Waals surface area contributed by atoms with Gasteiger partial charge in [-0.15, -0.1) is 0 Å². The molecule has 3 rings (SSSR count). The van der Waals surface area contributed by atoms with Crippen molar-refractivity contribution in [2.24, 2.45) is 0 Å². The number of carbonyl (C=O) groups excluding carboxylic acids is 1. The van der Waals surface area contributed by atoms with E-state index >= 15 is 0 Å². The lowest BCUT2D eigenvalue weighted by Crippen LogP contribution is -2.33. The first-order valence-corrected chi connectivity index (χ1v) is 9.07. The van der Waals surface area contributed by atoms with E-state index in [0.717, 1.165) is 11.3 Å². The normalized spacial score (nSPS) is 15.8. The maximum atomic E-state index is 12.6. The molecule has 1 aliphatic rings. The molecule has 0 atom stereocenters. The standard InChI is InChI=1S/C18H15ClN2O2S2/c1-23-15-9-5-4-8-14(15)20-11-21-17(22)16(25-18(21)24)10-12-6-2-3-7-13(12)19/h2-10,20H,11H2,1H3/b16-10-. The topological polar surface area (TPSA) is 41.6 Å². The number of para-hydroxylation sites is 2. The summed E-state index contributed by atoms with van der Waals surface area (Å²) in [4.78, 5) is 14.7. The predicted octanol–water partition coefficient (Wildman–Crippen LogP) is 4.62. The van der Waals surface area contributed by atoms with Crippen LogP contribution in [-0.2, 0) is 4.79 Å². The van der Waals surface area contributed by atoms with Crippen LogP contribution >= 0.6 is 35.6 Å². The van der Waals surface area contributed by atoms with Crippen molar-refractivity contribution in [2.45, 2.75) is 0 Å². The first-order valence-electron chi connectivity index (χ1n) is 7.47. The summed E-state index contributed by atoms with van der Waals surface area (Å²) in [7, 11) is 1.60. The highest BCUT2D eigenvalue weighted by molar-refractivity contribution is 8.26. The quantitative estimate of drug-likeness (QED) is 0.596. The van der Waals surface area contributed by atoms with Gasteiger partial charge in [-0.2, -0.15) is 0 Å². The summed E-state index contributed by atoms with van der Waals surface area (Å²) < 4.78 is 5.80. The van der Waals surface area contributed by atoms with E-state index in [0.29, 0.717) is 20.0 Å². The lowest BCUT2D eigenvalue weighted by molar-refractivity contribution is -0.121. The van der Waals surface area contributed by atoms with Crippen molar-refractivity contribution in [3.8, 4) is 5.75 Å². The largest absolute Gasteiger partial charge is 0.495 e. The Labute approximate surface area is 160 Å². The molecule has 0 saturated carbocycles. The van der Waals surface area contributed by atoms with E-state index in [4.69, 9.17) is 28.6 Å². The monoisotopic (exact) mass is 390 g/mol. The SMILES string of the molecule is COc1ccccc1NCN1C(=O)/C(=C/c2ccccc2Cl)SC1=S. The number of methoxy groups -OCH3 is 1. The molecule has 25 heavy (non-hydrogen) atoms. The molecule has 7 heteroatoms. The van der Waals surface area contributed by atoms with Crippen LogP contribution in [0.25, 0.3) is 6.08 Å². The van der Waals surface area contributed by atoms with Crippen LogP contribution in [-0.4, -0.2) is 28.9 Å². The van der Waals surface area contributed by atoms with Gasteiger partial charge in [0, 0.05) is 5.02 Å². The number of nitrogens with zero attached hydrogens (tertiary/aromatic N) is 1. The van der Waals surface area contributed by atoms with Crippen LogP contribution in [0.15, 0.2) is 53.4 Å². The lowest BCUT2D eigenvalue weighted by atomic mass is 10.2. The number of ether oxygens (including phenoxy) is 1. The predicted molar refractivity (Wildman–Crippen MR) is 108 cm³/mol. The highest BCUT2D eigenvalue weighted by Crippen LogP contribution is 2.34. The Hall–Kier alpha value is -2.02. The van der Waals surface area contributed by atoms with Gasteiger partial charge in [-0.25, -0.2) is 0 Å². The van der Waals surface area contributed by atoms with Gasteiger partial charge in [-0.1, -0.05) is 65.9 Å². The number of hydrogen-bond donors (Lipinski definition) is 1. The molecule has 0 radical (unpaired) electrons. The van der Waals surface area contributed by atoms with E-state index < -0.39 is 0 Å². The summed E-state index contributed by atoms with van der Waals surface area (Å²) in [5.74, 6) is 0.567. The van der Waals surface area contributed by atoms with Gasteiger partial charge < -0.3 is 10.1 Å². The Morgan fingerprint density at radius 1 is 1.24 bits per heavy atom. The maximum Gasteiger partial charge on any atom is 0.267 e. The number of carbonyl (C=O) groups is 1. The van der Waals surface area contributed by atoms with E-state index in [1.54, 1.807) is 19.3 Å². The van der Waals surface area contributed by atoms with Gasteiger partial charge in [0.05, 0.1) is 24.4 Å². The zero-order chi connectivity index (χ0) is 17.8. The van der Waals surface area contributed by atoms with Gasteiger partial charge >= 0.3 is 0 Å². The number of thiocarbonyl (C=S) groups is 1. The van der Waals surface area contributed by atoms with E-state index in [2.05, 4.69) is 5.32 Å². The van der Waals surface area contributed by atoms with Crippen molar-refractivity contribution in [2.75, 3.05) is 19.1 Å². The number of hydrogen-bond acceptors (Lipinski definition) is 5. The van der Waals surface area contributed by atoms with Crippen LogP contribution in [0.2, 0.25) is 5.02 Å². The molecule has 0 bridgehead atoms. The van der Waals surface area contributed by atoms with Crippen LogP contribution in [0, 0.1) is 0 Å². The summed E-state index contributed by atoms with van der Waals surface area (Å²) in [6.45, 7) is 0.269. The molecule has 4 nitrogen and oxygen atoms in total. The van der Waals surface area contributed by atoms with Crippen LogP contribution in [0.4, 0.5) is 5.69 Å². The third kappa shape index (κ3) is 3.98. The van der Waals surface area contributed by atoms with Crippen molar-refractivity contribution in [3.63, 3.8) is 0 Å². The zero-order valence-corrected chi connectivity index (χ0v) is 15.8. The number of thioether (sulfide) groups is 1. The van der Waals surface area contributed by atoms with Crippen molar-refractivity contribution < 1.29 is 9.53 Å². The first kappa shape index (κ1) is 17.8. The third-order valence-electron chi connectivity index (χ3n) is 3.60. The van der Waals surface area contributed by atoms with Crippen molar-refractivity contribution in [1.82, 2.24) is 4.90 Å². The van der Waals surface area contributed by atoms with E-state index in [-0.39, 0.29) is 12.6 Å². The van der Waals surface area contributed by atoms with Gasteiger partial charge in [-0.05, 0) is 29.8 Å². The van der Waals surface area contributed by atoms with Crippen molar-refractivity contribution in [1.29, 1.82) is 0 Å². The minimum atomic E-state index is -0.141. The molecule has 0 aromatic heterocycles. The minimum absolute atomic E-state index is 0.141. The highest BCUT2D eigenvalue weighted by Gasteiger charge is 2.32. The summed E-state index contributed by atoms with van der Waals surface area (Å²) >= 11 is 12.8. The number of amides is 1. The van der Waals surface area contributed by atoms with Crippen molar-refractivity contribution in [3.05, 3.63) is 64.0 Å². The van der Waals surface area contributed by atoms with Crippen LogP contribution in [0.5, 0.6) is 5.75 Å². The van der Waals surface area contributed by atoms with Crippen molar-refractivity contribution >= 4 is 57.6 Å². The highest BCUT2D eigenvalue weighted by atomic mass is 35.5. The number of anilines is 1. The Morgan fingerprint density at radius 3 is 2.72 bits per heavy atom. The molecule has 128 valence electrons. The van der Waals surface area contributed by atoms with Gasteiger partial charge in [-0.3, -0.25) is 9.69 Å². The Bertz CT molecular complexity index is 854. The van der Waals surface area contributed by atoms with Gasteiger partial charge in [0.2, 0.25) is 0 Å². The molecule has 1 saturated heterocycles. The maximum absolute atomic E-state index is 12.6. The Morgan fingerprint density at radius 2 is 1.96 bits per heavy atom. The molecular weight excluding hydrogens is 376 g/mol. The summed E-state index contributed by atoms with van der Waals surface area (Å²) in [6, 6.07) is 14.9. The second-order valence-corrected chi connectivity index (χ2v) is 7.25. The third-order valence-corrected chi connectivity index (χ3v) is 5.32. The number of nitrogens with one attached hydrogen (secondary N) is 1. The number of rotatable bonds is 5. The summed E-state index contributed by atoms with van der Waals surface area (Å²) in [5, 5.41) is 3.79. The Kier molecular flexibility index (Phi) is 5.63. The molecule has 1 N–H and O–H groups in total. The Balaban J connectivity index is 1.75. The molecule has 1 aliphatic heterocycles. The molecule has 1 heterocycles. The molecule has 0 unspecified atom stereocenters. The zero-order valence-electron chi connectivity index (χ0n) is 13.4. The average Bonchev–Trinajstić information content (AvgIpc) is 2.89. The summed E-state index contributed by atoms with van der Waals surface area (Å²) in [6.07, 6.45) is 1.77. The van der Waals surface area contributed by atoms with Crippen LogP contribution < -0.4 is 10.1 Å². The fraction of sp³-hybridized carbons (Fsp3) is 0.111. The first-order chi connectivity index (χ1) is 12.1. The second kappa shape index (κ2) is 7.91. The van der Waals surface area contributed by atoms with Gasteiger partial charge in [0.15, 0.2) is 0 Å². The number of halogens is 1. The van der Waals surface area contributed by atoms with E-state index in [9.17, 15) is 4.79 Å². The van der Waals surface area contributed by atoms with Crippen LogP contribution in [0.1, 0.15) is 5.56 Å². The fourth-order valence-electron chi connectivity index (χ4n) is 2.32. The molecule has 1 amide bonds. The smallest absolute Gasteiger partial charge is 0.267 e. The molecule has 0 spiro atoms. The van der Waals surface area contributed by atoms with E-state index in [1.165, 1.54) is 16.7 Å². The molecule has 2 aromatic rings. The lowest BCUT2D eigenvalue weighted by Gasteiger charge is -2.17. The molecule has 1 fully saturated rings. The molecular formula is C18H15ClN2O2S2. The van der Waals surface area contributed by atoms with Crippen LogP contribution in [0.3, 0.4) is 0 Å².